The molecule has 0 rings (SSSR count). The van der Waals surface area contributed by atoms with Crippen molar-refractivity contribution in [2.75, 3.05) is 82.6 Å². The van der Waals surface area contributed by atoms with E-state index in [0.29, 0.717) is 0 Å². The van der Waals surface area contributed by atoms with Gasteiger partial charge in [-0.15, -0.1) is 0 Å². The Morgan fingerprint density at radius 2 is 0.556 bits per heavy atom. The normalized spacial score (nSPS) is 11.3. The van der Waals surface area contributed by atoms with Crippen molar-refractivity contribution in [2.24, 2.45) is 0 Å². The first-order chi connectivity index (χ1) is 8.25. The number of hydrogen-bond donors (Lipinski definition) is 0. The van der Waals surface area contributed by atoms with E-state index in [1.165, 1.54) is 39.0 Å². The fourth-order valence-electron chi connectivity index (χ4n) is 1.41. The lowest BCUT2D eigenvalue weighted by atomic mass is 10.4. The maximum Gasteiger partial charge on any atom is -0.00126 e. The molecule has 0 radical (unpaired) electrons. The molecule has 0 aliphatic heterocycles. The zero-order chi connectivity index (χ0) is 14.6. The van der Waals surface area contributed by atoms with E-state index >= 15 is 0 Å². The average molecular weight is 260 g/mol. The van der Waals surface area contributed by atoms with Gasteiger partial charge in [-0.1, -0.05) is 0 Å². The summed E-state index contributed by atoms with van der Waals surface area (Å²) < 4.78 is 0. The lowest BCUT2D eigenvalue weighted by Crippen LogP contribution is -2.20. The van der Waals surface area contributed by atoms with E-state index in [1.54, 1.807) is 0 Å². The molecule has 112 valence electrons. The van der Waals surface area contributed by atoms with Gasteiger partial charge >= 0.3 is 0 Å². The molecule has 0 aromatic heterocycles. The molecule has 0 aliphatic carbocycles. The molecule has 0 N–H and O–H groups in total. The standard InChI is InChI=1S/2C7H18N2/c2*1-8(2)6-5-7-9(3)4/h2*5-7H2,1-4H3. The Labute approximate surface area is 116 Å². The minimum absolute atomic E-state index is 1.19. The van der Waals surface area contributed by atoms with Crippen molar-refractivity contribution in [3.63, 3.8) is 0 Å². The number of rotatable bonds is 8. The highest BCUT2D eigenvalue weighted by Crippen LogP contribution is 1.85. The Kier molecular flexibility index (Phi) is 14.9. The molecule has 18 heavy (non-hydrogen) atoms. The van der Waals surface area contributed by atoms with Gasteiger partial charge in [0.15, 0.2) is 0 Å². The first kappa shape index (κ1) is 20.2. The van der Waals surface area contributed by atoms with Crippen molar-refractivity contribution in [1.82, 2.24) is 19.6 Å². The lowest BCUT2D eigenvalue weighted by Gasteiger charge is -2.12. The fourth-order valence-corrected chi connectivity index (χ4v) is 1.41. The lowest BCUT2D eigenvalue weighted by molar-refractivity contribution is 0.340. The second-order valence-electron chi connectivity index (χ2n) is 5.92. The van der Waals surface area contributed by atoms with Crippen LogP contribution in [0.25, 0.3) is 0 Å². The predicted octanol–water partition coefficient (Wildman–Crippen LogP) is 0.999. The summed E-state index contributed by atoms with van der Waals surface area (Å²) in [7, 11) is 16.9. The van der Waals surface area contributed by atoms with E-state index in [4.69, 9.17) is 0 Å². The molecule has 0 bridgehead atoms. The molecule has 0 fully saturated rings. The highest BCUT2D eigenvalue weighted by molar-refractivity contribution is 4.47. The van der Waals surface area contributed by atoms with Crippen molar-refractivity contribution in [3.05, 3.63) is 0 Å². The summed E-state index contributed by atoms with van der Waals surface area (Å²) in [6.45, 7) is 4.77. The van der Waals surface area contributed by atoms with Gasteiger partial charge in [0.25, 0.3) is 0 Å². The summed E-state index contributed by atoms with van der Waals surface area (Å²) in [4.78, 5) is 8.85. The van der Waals surface area contributed by atoms with E-state index < -0.39 is 0 Å². The third kappa shape index (κ3) is 24.9. The van der Waals surface area contributed by atoms with Crippen molar-refractivity contribution in [1.29, 1.82) is 0 Å². The minimum Gasteiger partial charge on any atom is -0.309 e. The second kappa shape index (κ2) is 13.3. The maximum absolute atomic E-state index is 2.21. The summed E-state index contributed by atoms with van der Waals surface area (Å²) in [5.41, 5.74) is 0. The van der Waals surface area contributed by atoms with E-state index in [1.807, 2.05) is 0 Å². The van der Waals surface area contributed by atoms with Crippen LogP contribution in [0.4, 0.5) is 0 Å². The van der Waals surface area contributed by atoms with Gasteiger partial charge in [-0.3, -0.25) is 0 Å². The Balaban J connectivity index is 0. The summed E-state index contributed by atoms with van der Waals surface area (Å²) in [5.74, 6) is 0. The van der Waals surface area contributed by atoms with Gasteiger partial charge in [0.05, 0.1) is 0 Å². The Morgan fingerprint density at radius 1 is 0.389 bits per heavy atom. The summed E-state index contributed by atoms with van der Waals surface area (Å²) in [5, 5.41) is 0. The molecule has 0 aliphatic rings. The molecule has 0 amide bonds. The molecule has 0 aromatic carbocycles. The van der Waals surface area contributed by atoms with Crippen LogP contribution in [0.3, 0.4) is 0 Å². The van der Waals surface area contributed by atoms with E-state index in [9.17, 15) is 0 Å². The van der Waals surface area contributed by atoms with Crippen LogP contribution in [0.1, 0.15) is 12.8 Å². The molecule has 0 saturated carbocycles. The first-order valence-electron chi connectivity index (χ1n) is 6.84. The Morgan fingerprint density at radius 3 is 0.667 bits per heavy atom. The topological polar surface area (TPSA) is 13.0 Å². The van der Waals surface area contributed by atoms with Crippen molar-refractivity contribution < 1.29 is 0 Å². The van der Waals surface area contributed by atoms with Crippen LogP contribution in [0.2, 0.25) is 0 Å². The average Bonchev–Trinajstić information content (AvgIpc) is 2.15. The third-order valence-electron chi connectivity index (χ3n) is 2.42. The molecule has 0 atom stereocenters. The van der Waals surface area contributed by atoms with Crippen LogP contribution < -0.4 is 0 Å². The molecule has 4 heteroatoms. The first-order valence-corrected chi connectivity index (χ1v) is 6.84. The molecule has 4 nitrogen and oxygen atoms in total. The fraction of sp³-hybridized carbons (Fsp3) is 1.00. The smallest absolute Gasteiger partial charge is 0.00126 e. The SMILES string of the molecule is CN(C)CCCN(C)C.CN(C)CCCN(C)C. The summed E-state index contributed by atoms with van der Waals surface area (Å²) >= 11 is 0. The van der Waals surface area contributed by atoms with E-state index in [2.05, 4.69) is 76.0 Å². The van der Waals surface area contributed by atoms with E-state index in [0.717, 1.165) is 0 Å². The van der Waals surface area contributed by atoms with Gasteiger partial charge in [0, 0.05) is 0 Å². The predicted molar refractivity (Wildman–Crippen MR) is 83.5 cm³/mol. The molecule has 0 aromatic rings. The zero-order valence-electron chi connectivity index (χ0n) is 14.0. The van der Waals surface area contributed by atoms with Crippen LogP contribution in [0.5, 0.6) is 0 Å². The van der Waals surface area contributed by atoms with Crippen LogP contribution in [0, 0.1) is 0 Å². The summed E-state index contributed by atoms with van der Waals surface area (Å²) in [6, 6.07) is 0. The second-order valence-corrected chi connectivity index (χ2v) is 5.92. The van der Waals surface area contributed by atoms with Crippen molar-refractivity contribution in [3.8, 4) is 0 Å². The van der Waals surface area contributed by atoms with Crippen LogP contribution in [0.15, 0.2) is 0 Å². The van der Waals surface area contributed by atoms with Crippen LogP contribution in [-0.2, 0) is 0 Å². The zero-order valence-corrected chi connectivity index (χ0v) is 14.0. The van der Waals surface area contributed by atoms with Gasteiger partial charge in [-0.05, 0) is 95.4 Å². The van der Waals surface area contributed by atoms with E-state index in [-0.39, 0.29) is 0 Å². The third-order valence-corrected chi connectivity index (χ3v) is 2.42. The summed E-state index contributed by atoms with van der Waals surface area (Å²) in [6.07, 6.45) is 2.53. The molecular formula is C14H36N4. The van der Waals surface area contributed by atoms with Gasteiger partial charge in [-0.2, -0.15) is 0 Å². The Hall–Kier alpha value is -0.160. The minimum atomic E-state index is 1.19. The quantitative estimate of drug-likeness (QED) is 0.645. The van der Waals surface area contributed by atoms with Crippen LogP contribution in [-0.4, -0.2) is 102 Å². The number of nitrogens with zero attached hydrogens (tertiary/aromatic N) is 4. The molecule has 0 spiro atoms. The number of hydrogen-bond acceptors (Lipinski definition) is 4. The molecule has 0 heterocycles. The van der Waals surface area contributed by atoms with Gasteiger partial charge < -0.3 is 19.6 Å². The highest BCUT2D eigenvalue weighted by atomic mass is 15.1. The van der Waals surface area contributed by atoms with Gasteiger partial charge in [0.1, 0.15) is 0 Å². The maximum atomic E-state index is 2.21. The van der Waals surface area contributed by atoms with Gasteiger partial charge in [-0.25, -0.2) is 0 Å². The van der Waals surface area contributed by atoms with Crippen LogP contribution >= 0.6 is 0 Å². The molecule has 0 saturated heterocycles. The highest BCUT2D eigenvalue weighted by Gasteiger charge is 1.91. The van der Waals surface area contributed by atoms with Gasteiger partial charge in [0.2, 0.25) is 0 Å². The molecular weight excluding hydrogens is 224 g/mol. The van der Waals surface area contributed by atoms with Crippen molar-refractivity contribution in [2.45, 2.75) is 12.8 Å². The largest absolute Gasteiger partial charge is 0.309 e. The monoisotopic (exact) mass is 260 g/mol. The molecule has 0 unspecified atom stereocenters. The van der Waals surface area contributed by atoms with Crippen molar-refractivity contribution >= 4 is 0 Å². The Bertz CT molecular complexity index is 122.